The number of hydrogen-bond donors (Lipinski definition) is 0. The van der Waals surface area contributed by atoms with Gasteiger partial charge in [0.25, 0.3) is 0 Å². The molecule has 4 aromatic carbocycles. The molecule has 0 aliphatic heterocycles. The molecule has 2 nitrogen and oxygen atoms in total. The van der Waals surface area contributed by atoms with Gasteiger partial charge in [-0.2, -0.15) is 4.57 Å². The highest BCUT2D eigenvalue weighted by molar-refractivity contribution is 6.90. The second-order valence-electron chi connectivity index (χ2n) is 11.5. The minimum absolute atomic E-state index is 1.24. The second kappa shape index (κ2) is 8.42. The summed E-state index contributed by atoms with van der Waals surface area (Å²) in [5.41, 5.74) is 11.6. The van der Waals surface area contributed by atoms with E-state index in [1.807, 2.05) is 0 Å². The Morgan fingerprint density at radius 3 is 2.14 bits per heavy atom. The summed E-state index contributed by atoms with van der Waals surface area (Å²) in [7, 11) is 0.576. The van der Waals surface area contributed by atoms with Crippen molar-refractivity contribution >= 4 is 46.0 Å². The van der Waals surface area contributed by atoms with Gasteiger partial charge in [0.15, 0.2) is 0 Å². The molecule has 6 rings (SSSR count). The molecule has 0 fully saturated rings. The number of para-hydroxylation sites is 3. The molecule has 0 saturated carbocycles. The smallest absolute Gasteiger partial charge is 0.215 e. The van der Waals surface area contributed by atoms with E-state index in [0.29, 0.717) is 0 Å². The van der Waals surface area contributed by atoms with Crippen LogP contribution in [-0.2, 0) is 7.05 Å². The molecule has 0 aliphatic carbocycles. The van der Waals surface area contributed by atoms with E-state index in [-0.39, 0.29) is 0 Å². The summed E-state index contributed by atoms with van der Waals surface area (Å²) in [5.74, 6) is 0. The fraction of sp³-hybridized carbons (Fsp3) is 0.206. The third-order valence-electron chi connectivity index (χ3n) is 8.01. The van der Waals surface area contributed by atoms with Crippen molar-refractivity contribution in [2.24, 2.45) is 7.05 Å². The number of pyridine rings is 1. The summed E-state index contributed by atoms with van der Waals surface area (Å²) in [6.45, 7) is 14.0. The topological polar surface area (TPSA) is 8.81 Å². The third-order valence-corrected chi connectivity index (χ3v) is 10.0. The van der Waals surface area contributed by atoms with E-state index in [2.05, 4.69) is 142 Å². The first kappa shape index (κ1) is 23.7. The number of nitrogens with zero attached hydrogens (tertiary/aromatic N) is 2. The normalized spacial score (nSPS) is 12.2. The lowest BCUT2D eigenvalue weighted by Gasteiger charge is -2.21. The highest BCUT2D eigenvalue weighted by Crippen LogP contribution is 2.36. The predicted molar refractivity (Wildman–Crippen MR) is 162 cm³/mol. The Hall–Kier alpha value is -3.69. The molecule has 0 spiro atoms. The zero-order valence-electron chi connectivity index (χ0n) is 23.0. The van der Waals surface area contributed by atoms with E-state index in [1.165, 1.54) is 71.5 Å². The van der Waals surface area contributed by atoms with Crippen LogP contribution in [0.3, 0.4) is 0 Å². The maximum Gasteiger partial charge on any atom is 0.215 e. The van der Waals surface area contributed by atoms with E-state index < -0.39 is 8.07 Å². The van der Waals surface area contributed by atoms with Gasteiger partial charge in [0.05, 0.1) is 30.2 Å². The minimum Gasteiger partial charge on any atom is -0.308 e. The number of aryl methyl sites for hydroxylation is 3. The molecule has 0 saturated heterocycles. The molecule has 2 heterocycles. The number of fused-ring (bicyclic) bond motifs is 4. The maximum atomic E-state index is 2.56. The van der Waals surface area contributed by atoms with Gasteiger partial charge in [0.2, 0.25) is 11.2 Å². The number of rotatable bonds is 3. The van der Waals surface area contributed by atoms with Crippen LogP contribution in [0.5, 0.6) is 0 Å². The first-order valence-electron chi connectivity index (χ1n) is 13.2. The predicted octanol–water partition coefficient (Wildman–Crippen LogP) is 7.90. The van der Waals surface area contributed by atoms with Gasteiger partial charge >= 0.3 is 0 Å². The van der Waals surface area contributed by atoms with Crippen molar-refractivity contribution in [3.63, 3.8) is 0 Å². The standard InChI is InChI=1S/C34H35N2Si/c1-22-19-23(2)24(3)28(20-22)31-21-32(27-14-9-10-16-29(27)35(31)4)36-30-17-11-8-13-25(30)26-15-12-18-33(34(26)36)37(5,6)7/h8-21H,1-7H3/q+1. The lowest BCUT2D eigenvalue weighted by Crippen LogP contribution is -2.39. The van der Waals surface area contributed by atoms with Gasteiger partial charge in [0, 0.05) is 28.5 Å². The highest BCUT2D eigenvalue weighted by atomic mass is 28.3. The van der Waals surface area contributed by atoms with Crippen LogP contribution in [0.15, 0.2) is 84.9 Å². The molecule has 0 aliphatic rings. The van der Waals surface area contributed by atoms with Crippen LogP contribution in [0, 0.1) is 20.8 Å². The van der Waals surface area contributed by atoms with E-state index in [9.17, 15) is 0 Å². The summed E-state index contributed by atoms with van der Waals surface area (Å²) in [4.78, 5) is 0. The van der Waals surface area contributed by atoms with Crippen LogP contribution in [0.4, 0.5) is 0 Å². The second-order valence-corrected chi connectivity index (χ2v) is 16.6. The van der Waals surface area contributed by atoms with E-state index in [0.717, 1.165) is 0 Å². The van der Waals surface area contributed by atoms with Crippen molar-refractivity contribution in [3.8, 4) is 16.9 Å². The van der Waals surface area contributed by atoms with E-state index in [1.54, 1.807) is 0 Å². The molecular weight excluding hydrogens is 464 g/mol. The van der Waals surface area contributed by atoms with Gasteiger partial charge in [-0.05, 0) is 55.3 Å². The van der Waals surface area contributed by atoms with E-state index in [4.69, 9.17) is 0 Å². The molecule has 2 aromatic heterocycles. The van der Waals surface area contributed by atoms with Crippen molar-refractivity contribution < 1.29 is 4.57 Å². The maximum absolute atomic E-state index is 2.56. The van der Waals surface area contributed by atoms with Crippen molar-refractivity contribution in [2.75, 3.05) is 0 Å². The van der Waals surface area contributed by atoms with Gasteiger partial charge in [0.1, 0.15) is 7.05 Å². The monoisotopic (exact) mass is 499 g/mol. The fourth-order valence-corrected chi connectivity index (χ4v) is 7.59. The Morgan fingerprint density at radius 2 is 1.38 bits per heavy atom. The Morgan fingerprint density at radius 1 is 0.703 bits per heavy atom. The molecule has 3 heteroatoms. The van der Waals surface area contributed by atoms with E-state index >= 15 is 0 Å². The zero-order valence-corrected chi connectivity index (χ0v) is 24.0. The molecule has 0 unspecified atom stereocenters. The van der Waals surface area contributed by atoms with Crippen molar-refractivity contribution in [3.05, 3.63) is 102 Å². The molecular formula is C34H35N2Si+. The lowest BCUT2D eigenvalue weighted by molar-refractivity contribution is -0.633. The van der Waals surface area contributed by atoms with Crippen LogP contribution in [-0.4, -0.2) is 12.6 Å². The Kier molecular flexibility index (Phi) is 5.39. The number of benzene rings is 4. The van der Waals surface area contributed by atoms with Gasteiger partial charge in [-0.1, -0.05) is 79.8 Å². The summed E-state index contributed by atoms with van der Waals surface area (Å²) in [6.07, 6.45) is 0. The van der Waals surface area contributed by atoms with Crippen LogP contribution >= 0.6 is 0 Å². The summed E-state index contributed by atoms with van der Waals surface area (Å²) in [5, 5.41) is 5.43. The van der Waals surface area contributed by atoms with Gasteiger partial charge in [-0.3, -0.25) is 0 Å². The molecule has 6 aromatic rings. The Bertz CT molecular complexity index is 1850. The molecule has 0 bridgehead atoms. The first-order valence-corrected chi connectivity index (χ1v) is 16.7. The minimum atomic E-state index is -1.63. The van der Waals surface area contributed by atoms with Crippen molar-refractivity contribution in [2.45, 2.75) is 40.4 Å². The molecule has 0 N–H and O–H groups in total. The van der Waals surface area contributed by atoms with Crippen molar-refractivity contribution in [1.29, 1.82) is 0 Å². The summed E-state index contributed by atoms with van der Waals surface area (Å²) >= 11 is 0. The average molecular weight is 500 g/mol. The van der Waals surface area contributed by atoms with Gasteiger partial charge < -0.3 is 4.57 Å². The average Bonchev–Trinajstić information content (AvgIpc) is 3.21. The van der Waals surface area contributed by atoms with Crippen molar-refractivity contribution in [1.82, 2.24) is 4.57 Å². The SMILES string of the molecule is Cc1cc(C)c(C)c(-c2cc(-n3c4ccccc4c4cccc([Si](C)(C)C)c43)c3ccccc3[n+]2C)c1. The Labute approximate surface area is 220 Å². The van der Waals surface area contributed by atoms with Gasteiger partial charge in [-0.15, -0.1) is 0 Å². The first-order chi connectivity index (χ1) is 17.7. The quantitative estimate of drug-likeness (QED) is 0.173. The molecule has 0 amide bonds. The third kappa shape index (κ3) is 3.64. The largest absolute Gasteiger partial charge is 0.308 e. The lowest BCUT2D eigenvalue weighted by atomic mass is 9.96. The molecule has 0 atom stereocenters. The zero-order chi connectivity index (χ0) is 26.1. The van der Waals surface area contributed by atoms with Crippen LogP contribution < -0.4 is 9.75 Å². The number of hydrogen-bond acceptors (Lipinski definition) is 0. The number of aromatic nitrogens is 2. The van der Waals surface area contributed by atoms with Gasteiger partial charge in [-0.25, -0.2) is 0 Å². The molecule has 37 heavy (non-hydrogen) atoms. The highest BCUT2D eigenvalue weighted by Gasteiger charge is 2.27. The summed E-state index contributed by atoms with van der Waals surface area (Å²) in [6, 6.07) is 31.7. The summed E-state index contributed by atoms with van der Waals surface area (Å²) < 4.78 is 4.93. The Balaban J connectivity index is 1.84. The van der Waals surface area contributed by atoms with Crippen LogP contribution in [0.1, 0.15) is 16.7 Å². The molecule has 0 radical (unpaired) electrons. The van der Waals surface area contributed by atoms with Crippen LogP contribution in [0.25, 0.3) is 49.7 Å². The fourth-order valence-electron chi connectivity index (χ4n) is 6.04. The van der Waals surface area contributed by atoms with Crippen LogP contribution in [0.2, 0.25) is 19.6 Å². The molecule has 184 valence electrons.